The molecule has 96 valence electrons. The van der Waals surface area contributed by atoms with Crippen LogP contribution in [0.1, 0.15) is 31.6 Å². The summed E-state index contributed by atoms with van der Waals surface area (Å²) in [7, 11) is 0. The summed E-state index contributed by atoms with van der Waals surface area (Å²) in [5.74, 6) is 0.757. The Labute approximate surface area is 108 Å². The lowest BCUT2D eigenvalue weighted by atomic mass is 9.89. The highest BCUT2D eigenvalue weighted by Gasteiger charge is 2.29. The van der Waals surface area contributed by atoms with E-state index in [0.29, 0.717) is 6.04 Å². The molecule has 3 heteroatoms. The van der Waals surface area contributed by atoms with Gasteiger partial charge in [0.25, 0.3) is 0 Å². The van der Waals surface area contributed by atoms with Crippen LogP contribution < -0.4 is 0 Å². The van der Waals surface area contributed by atoms with Crippen molar-refractivity contribution in [3.05, 3.63) is 22.4 Å². The van der Waals surface area contributed by atoms with Gasteiger partial charge in [0.1, 0.15) is 0 Å². The van der Waals surface area contributed by atoms with Gasteiger partial charge in [-0.2, -0.15) is 0 Å². The summed E-state index contributed by atoms with van der Waals surface area (Å²) >= 11 is 1.83. The maximum atomic E-state index is 9.88. The molecule has 0 radical (unpaired) electrons. The molecule has 1 aliphatic heterocycles. The third-order valence-electron chi connectivity index (χ3n) is 3.80. The minimum Gasteiger partial charge on any atom is -0.392 e. The molecule has 2 heterocycles. The van der Waals surface area contributed by atoms with E-state index in [1.807, 2.05) is 18.3 Å². The minimum atomic E-state index is -0.207. The molecular weight excluding hydrogens is 230 g/mol. The molecule has 1 saturated heterocycles. The van der Waals surface area contributed by atoms with E-state index in [9.17, 15) is 5.11 Å². The first kappa shape index (κ1) is 13.1. The molecule has 1 fully saturated rings. The van der Waals surface area contributed by atoms with Crippen LogP contribution in [0.5, 0.6) is 0 Å². The number of rotatable bonds is 4. The average Bonchev–Trinajstić information content (AvgIpc) is 2.80. The molecule has 1 aromatic rings. The van der Waals surface area contributed by atoms with E-state index in [1.54, 1.807) is 0 Å². The molecule has 0 saturated carbocycles. The largest absolute Gasteiger partial charge is 0.392 e. The molecule has 17 heavy (non-hydrogen) atoms. The summed E-state index contributed by atoms with van der Waals surface area (Å²) in [6.45, 7) is 6.46. The van der Waals surface area contributed by atoms with Gasteiger partial charge in [-0.15, -0.1) is 11.3 Å². The molecule has 2 rings (SSSR count). The van der Waals surface area contributed by atoms with Crippen LogP contribution in [-0.4, -0.2) is 35.2 Å². The number of aliphatic hydroxyl groups is 1. The van der Waals surface area contributed by atoms with Crippen LogP contribution in [0.15, 0.2) is 17.5 Å². The van der Waals surface area contributed by atoms with E-state index in [0.717, 1.165) is 31.8 Å². The van der Waals surface area contributed by atoms with E-state index in [1.165, 1.54) is 11.3 Å². The zero-order chi connectivity index (χ0) is 12.3. The standard InChI is InChI=1S/C14H23NOS/c1-11-5-7-15(14(10-11)12(2)16)8-6-13-4-3-9-17-13/h3-4,9,11-12,14,16H,5-8,10H2,1-2H3/t11-,12-,14+/m1/s1. The summed E-state index contributed by atoms with van der Waals surface area (Å²) in [5.41, 5.74) is 0. The smallest absolute Gasteiger partial charge is 0.0667 e. The van der Waals surface area contributed by atoms with Crippen LogP contribution in [0, 0.1) is 5.92 Å². The van der Waals surface area contributed by atoms with Gasteiger partial charge in [-0.25, -0.2) is 0 Å². The van der Waals surface area contributed by atoms with Gasteiger partial charge in [0.15, 0.2) is 0 Å². The monoisotopic (exact) mass is 253 g/mol. The summed E-state index contributed by atoms with van der Waals surface area (Å²) in [5, 5.41) is 12.0. The summed E-state index contributed by atoms with van der Waals surface area (Å²) in [6, 6.07) is 4.68. The van der Waals surface area contributed by atoms with E-state index >= 15 is 0 Å². The molecule has 1 aromatic heterocycles. The number of hydrogen-bond acceptors (Lipinski definition) is 3. The Kier molecular flexibility index (Phi) is 4.60. The Morgan fingerprint density at radius 1 is 1.59 bits per heavy atom. The molecule has 2 nitrogen and oxygen atoms in total. The predicted molar refractivity (Wildman–Crippen MR) is 73.5 cm³/mol. The molecule has 0 unspecified atom stereocenters. The Bertz CT molecular complexity index is 323. The van der Waals surface area contributed by atoms with Gasteiger partial charge in [0, 0.05) is 17.5 Å². The number of likely N-dealkylation sites (tertiary alicyclic amines) is 1. The van der Waals surface area contributed by atoms with Crippen molar-refractivity contribution >= 4 is 11.3 Å². The van der Waals surface area contributed by atoms with Crippen LogP contribution in [0.2, 0.25) is 0 Å². The van der Waals surface area contributed by atoms with Crippen molar-refractivity contribution in [1.29, 1.82) is 0 Å². The second-order valence-electron chi connectivity index (χ2n) is 5.30. The molecule has 1 N–H and O–H groups in total. The summed E-state index contributed by atoms with van der Waals surface area (Å²) in [6.07, 6.45) is 3.33. The number of hydrogen-bond donors (Lipinski definition) is 1. The Morgan fingerprint density at radius 2 is 2.41 bits per heavy atom. The molecule has 0 spiro atoms. The van der Waals surface area contributed by atoms with Gasteiger partial charge in [0.05, 0.1) is 6.10 Å². The molecular formula is C14H23NOS. The highest BCUT2D eigenvalue weighted by Crippen LogP contribution is 2.25. The third kappa shape index (κ3) is 3.54. The number of thiophene rings is 1. The van der Waals surface area contributed by atoms with E-state index in [-0.39, 0.29) is 6.10 Å². The number of aliphatic hydroxyl groups excluding tert-OH is 1. The molecule has 0 aliphatic carbocycles. The first-order valence-corrected chi connectivity index (χ1v) is 7.49. The van der Waals surface area contributed by atoms with Crippen molar-refractivity contribution < 1.29 is 5.11 Å². The number of nitrogens with zero attached hydrogens (tertiary/aromatic N) is 1. The van der Waals surface area contributed by atoms with Crippen LogP contribution >= 0.6 is 11.3 Å². The highest BCUT2D eigenvalue weighted by atomic mass is 32.1. The quantitative estimate of drug-likeness (QED) is 0.892. The second-order valence-corrected chi connectivity index (χ2v) is 6.34. The zero-order valence-electron chi connectivity index (χ0n) is 10.8. The SMILES string of the molecule is C[C@@H]1CCN(CCc2cccs2)[C@H]([C@@H](C)O)C1. The van der Waals surface area contributed by atoms with Crippen molar-refractivity contribution in [2.24, 2.45) is 5.92 Å². The van der Waals surface area contributed by atoms with E-state index < -0.39 is 0 Å². The number of piperidine rings is 1. The fourth-order valence-corrected chi connectivity index (χ4v) is 3.42. The Hall–Kier alpha value is -0.380. The summed E-state index contributed by atoms with van der Waals surface area (Å²) < 4.78 is 0. The van der Waals surface area contributed by atoms with Gasteiger partial charge in [-0.1, -0.05) is 13.0 Å². The zero-order valence-corrected chi connectivity index (χ0v) is 11.6. The van der Waals surface area contributed by atoms with Crippen LogP contribution in [0.4, 0.5) is 0 Å². The van der Waals surface area contributed by atoms with Gasteiger partial charge in [-0.3, -0.25) is 4.90 Å². The molecule has 0 aromatic carbocycles. The van der Waals surface area contributed by atoms with Crippen molar-refractivity contribution in [3.8, 4) is 0 Å². The van der Waals surface area contributed by atoms with Crippen LogP contribution in [0.25, 0.3) is 0 Å². The first-order valence-electron chi connectivity index (χ1n) is 6.61. The molecule has 0 amide bonds. The van der Waals surface area contributed by atoms with Crippen molar-refractivity contribution in [2.45, 2.75) is 45.3 Å². The van der Waals surface area contributed by atoms with Crippen molar-refractivity contribution in [1.82, 2.24) is 4.90 Å². The molecule has 0 bridgehead atoms. The van der Waals surface area contributed by atoms with Crippen LogP contribution in [-0.2, 0) is 6.42 Å². The maximum absolute atomic E-state index is 9.88. The predicted octanol–water partition coefficient (Wildman–Crippen LogP) is 2.77. The van der Waals surface area contributed by atoms with Crippen molar-refractivity contribution in [2.75, 3.05) is 13.1 Å². The Morgan fingerprint density at radius 3 is 3.06 bits per heavy atom. The van der Waals surface area contributed by atoms with Gasteiger partial charge in [0.2, 0.25) is 0 Å². The first-order chi connectivity index (χ1) is 8.16. The van der Waals surface area contributed by atoms with E-state index in [4.69, 9.17) is 0 Å². The van der Waals surface area contributed by atoms with E-state index in [2.05, 4.69) is 29.3 Å². The highest BCUT2D eigenvalue weighted by molar-refractivity contribution is 7.09. The normalized spacial score (nSPS) is 28.2. The second kappa shape index (κ2) is 5.98. The lowest BCUT2D eigenvalue weighted by Crippen LogP contribution is -2.48. The summed E-state index contributed by atoms with van der Waals surface area (Å²) in [4.78, 5) is 3.93. The fourth-order valence-electron chi connectivity index (χ4n) is 2.72. The lowest BCUT2D eigenvalue weighted by molar-refractivity contribution is 0.0219. The average molecular weight is 253 g/mol. The fraction of sp³-hybridized carbons (Fsp3) is 0.714. The Balaban J connectivity index is 1.89. The molecule has 1 aliphatic rings. The van der Waals surface area contributed by atoms with Gasteiger partial charge >= 0.3 is 0 Å². The lowest BCUT2D eigenvalue weighted by Gasteiger charge is -2.40. The maximum Gasteiger partial charge on any atom is 0.0667 e. The third-order valence-corrected chi connectivity index (χ3v) is 4.74. The molecule has 3 atom stereocenters. The van der Waals surface area contributed by atoms with Gasteiger partial charge in [-0.05, 0) is 50.1 Å². The van der Waals surface area contributed by atoms with Gasteiger partial charge < -0.3 is 5.11 Å². The van der Waals surface area contributed by atoms with Crippen LogP contribution in [0.3, 0.4) is 0 Å². The minimum absolute atomic E-state index is 0.207. The van der Waals surface area contributed by atoms with Crippen molar-refractivity contribution in [3.63, 3.8) is 0 Å². The topological polar surface area (TPSA) is 23.5 Å².